The maximum Gasteiger partial charge on any atom is 0.244 e. The molecule has 0 bridgehead atoms. The van der Waals surface area contributed by atoms with Gasteiger partial charge in [-0.15, -0.1) is 0 Å². The van der Waals surface area contributed by atoms with Crippen LogP contribution in [0.15, 0.2) is 30.3 Å². The number of carbonyl (C=O) groups excluding carboxylic acids is 1. The lowest BCUT2D eigenvalue weighted by Crippen LogP contribution is -2.35. The van der Waals surface area contributed by atoms with Crippen molar-refractivity contribution in [2.24, 2.45) is 5.92 Å². The van der Waals surface area contributed by atoms with Crippen LogP contribution in [0, 0.1) is 11.7 Å². The number of aliphatic hydroxyl groups excluding tert-OH is 1. The summed E-state index contributed by atoms with van der Waals surface area (Å²) in [5.41, 5.74) is 0.364. The van der Waals surface area contributed by atoms with Crippen LogP contribution in [-0.4, -0.2) is 23.7 Å². The molecular weight excluding hydrogens is 257 g/mol. The van der Waals surface area contributed by atoms with Crippen LogP contribution < -0.4 is 5.32 Å². The second kappa shape index (κ2) is 8.48. The molecule has 0 spiro atoms. The van der Waals surface area contributed by atoms with Gasteiger partial charge in [-0.05, 0) is 18.1 Å². The molecule has 0 aromatic heterocycles. The monoisotopic (exact) mass is 279 g/mol. The zero-order chi connectivity index (χ0) is 15.0. The largest absolute Gasteiger partial charge is 0.391 e. The topological polar surface area (TPSA) is 49.3 Å². The third-order valence-electron chi connectivity index (χ3n) is 3.40. The van der Waals surface area contributed by atoms with Crippen LogP contribution in [0.3, 0.4) is 0 Å². The van der Waals surface area contributed by atoms with E-state index in [1.165, 1.54) is 18.2 Å². The number of carbonyl (C=O) groups is 1. The second-order valence-corrected chi connectivity index (χ2v) is 4.74. The fourth-order valence-corrected chi connectivity index (χ4v) is 2.04. The van der Waals surface area contributed by atoms with Gasteiger partial charge >= 0.3 is 0 Å². The van der Waals surface area contributed by atoms with Crippen LogP contribution in [0.5, 0.6) is 0 Å². The normalized spacial score (nSPS) is 12.8. The summed E-state index contributed by atoms with van der Waals surface area (Å²) in [7, 11) is 0. The van der Waals surface area contributed by atoms with Crippen LogP contribution in [0.25, 0.3) is 6.08 Å². The van der Waals surface area contributed by atoms with Gasteiger partial charge in [-0.25, -0.2) is 4.39 Å². The van der Waals surface area contributed by atoms with E-state index in [2.05, 4.69) is 5.32 Å². The minimum Gasteiger partial charge on any atom is -0.391 e. The lowest BCUT2D eigenvalue weighted by molar-refractivity contribution is -0.117. The maximum absolute atomic E-state index is 13.3. The Morgan fingerprint density at radius 2 is 2.00 bits per heavy atom. The summed E-state index contributed by atoms with van der Waals surface area (Å²) in [6.07, 6.45) is 3.90. The molecule has 1 atom stereocenters. The second-order valence-electron chi connectivity index (χ2n) is 4.74. The molecule has 1 aromatic rings. The highest BCUT2D eigenvalue weighted by molar-refractivity contribution is 5.91. The van der Waals surface area contributed by atoms with Crippen molar-refractivity contribution in [2.75, 3.05) is 6.54 Å². The first-order valence-corrected chi connectivity index (χ1v) is 6.97. The minimum absolute atomic E-state index is 0.186. The SMILES string of the molecule is CCC(CC)C(O)CNC(=O)/C=C/c1ccccc1F. The van der Waals surface area contributed by atoms with E-state index in [9.17, 15) is 14.3 Å². The molecule has 0 aliphatic rings. The van der Waals surface area contributed by atoms with Crippen LogP contribution >= 0.6 is 0 Å². The molecule has 0 fully saturated rings. The number of benzene rings is 1. The Morgan fingerprint density at radius 1 is 1.35 bits per heavy atom. The van der Waals surface area contributed by atoms with Crippen molar-refractivity contribution < 1.29 is 14.3 Å². The summed E-state index contributed by atoms with van der Waals surface area (Å²) in [5, 5.41) is 12.5. The Morgan fingerprint density at radius 3 is 2.60 bits per heavy atom. The molecule has 3 nitrogen and oxygen atoms in total. The predicted octanol–water partition coefficient (Wildman–Crippen LogP) is 2.75. The molecule has 0 aliphatic carbocycles. The van der Waals surface area contributed by atoms with Gasteiger partial charge in [0, 0.05) is 18.2 Å². The number of nitrogens with one attached hydrogen (secondary N) is 1. The Labute approximate surface area is 119 Å². The number of hydrogen-bond acceptors (Lipinski definition) is 2. The van der Waals surface area contributed by atoms with Crippen molar-refractivity contribution in [1.82, 2.24) is 5.32 Å². The average molecular weight is 279 g/mol. The number of amides is 1. The van der Waals surface area contributed by atoms with Gasteiger partial charge in [0.2, 0.25) is 5.91 Å². The average Bonchev–Trinajstić information content (AvgIpc) is 2.45. The summed E-state index contributed by atoms with van der Waals surface area (Å²) >= 11 is 0. The highest BCUT2D eigenvalue weighted by atomic mass is 19.1. The number of halogens is 1. The highest BCUT2D eigenvalue weighted by Crippen LogP contribution is 2.12. The van der Waals surface area contributed by atoms with Crippen LogP contribution in [0.2, 0.25) is 0 Å². The summed E-state index contributed by atoms with van der Waals surface area (Å²) in [6, 6.07) is 6.24. The standard InChI is InChI=1S/C16H22FNO2/c1-3-12(4-2)15(19)11-18-16(20)10-9-13-7-5-6-8-14(13)17/h5-10,12,15,19H,3-4,11H2,1-2H3,(H,18,20)/b10-9+. The fourth-order valence-electron chi connectivity index (χ4n) is 2.04. The molecule has 0 radical (unpaired) electrons. The number of rotatable bonds is 7. The summed E-state index contributed by atoms with van der Waals surface area (Å²) < 4.78 is 13.3. The van der Waals surface area contributed by atoms with E-state index in [4.69, 9.17) is 0 Å². The quantitative estimate of drug-likeness (QED) is 0.754. The molecule has 2 N–H and O–H groups in total. The molecule has 1 rings (SSSR count). The molecule has 0 aliphatic heterocycles. The Hall–Kier alpha value is -1.68. The Balaban J connectivity index is 2.46. The van der Waals surface area contributed by atoms with Gasteiger partial charge < -0.3 is 10.4 Å². The number of hydrogen-bond donors (Lipinski definition) is 2. The van der Waals surface area contributed by atoms with E-state index >= 15 is 0 Å². The lowest BCUT2D eigenvalue weighted by Gasteiger charge is -2.19. The molecule has 0 saturated heterocycles. The van der Waals surface area contributed by atoms with Gasteiger partial charge in [-0.1, -0.05) is 44.9 Å². The van der Waals surface area contributed by atoms with Gasteiger partial charge in [0.05, 0.1) is 6.10 Å². The van der Waals surface area contributed by atoms with Crippen LogP contribution in [0.4, 0.5) is 4.39 Å². The van der Waals surface area contributed by atoms with Crippen LogP contribution in [-0.2, 0) is 4.79 Å². The van der Waals surface area contributed by atoms with E-state index in [0.717, 1.165) is 12.8 Å². The van der Waals surface area contributed by atoms with Gasteiger partial charge in [0.25, 0.3) is 0 Å². The zero-order valence-electron chi connectivity index (χ0n) is 12.0. The minimum atomic E-state index is -0.546. The van der Waals surface area contributed by atoms with E-state index in [1.807, 2.05) is 13.8 Å². The molecule has 4 heteroatoms. The summed E-state index contributed by atoms with van der Waals surface area (Å²) in [4.78, 5) is 11.6. The first kappa shape index (κ1) is 16.4. The van der Waals surface area contributed by atoms with Crippen molar-refractivity contribution in [3.8, 4) is 0 Å². The van der Waals surface area contributed by atoms with Crippen molar-refractivity contribution in [1.29, 1.82) is 0 Å². The molecule has 20 heavy (non-hydrogen) atoms. The van der Waals surface area contributed by atoms with Crippen molar-refractivity contribution in [3.63, 3.8) is 0 Å². The summed E-state index contributed by atoms with van der Waals surface area (Å²) in [6.45, 7) is 4.24. The predicted molar refractivity (Wildman–Crippen MR) is 78.5 cm³/mol. The third-order valence-corrected chi connectivity index (χ3v) is 3.40. The van der Waals surface area contributed by atoms with E-state index in [-0.39, 0.29) is 24.2 Å². The molecule has 0 heterocycles. The van der Waals surface area contributed by atoms with E-state index < -0.39 is 6.10 Å². The Kier molecular flexibility index (Phi) is 6.94. The molecule has 110 valence electrons. The highest BCUT2D eigenvalue weighted by Gasteiger charge is 2.15. The van der Waals surface area contributed by atoms with Gasteiger partial charge in [0.1, 0.15) is 5.82 Å². The molecule has 1 amide bonds. The third kappa shape index (κ3) is 5.13. The summed E-state index contributed by atoms with van der Waals surface area (Å²) in [5.74, 6) is -0.516. The number of aliphatic hydroxyl groups is 1. The molecule has 1 aromatic carbocycles. The fraction of sp³-hybridized carbons (Fsp3) is 0.438. The lowest BCUT2D eigenvalue weighted by atomic mass is 9.96. The van der Waals surface area contributed by atoms with Crippen molar-refractivity contribution >= 4 is 12.0 Å². The smallest absolute Gasteiger partial charge is 0.244 e. The van der Waals surface area contributed by atoms with E-state index in [1.54, 1.807) is 18.2 Å². The zero-order valence-corrected chi connectivity index (χ0v) is 12.0. The molecule has 0 saturated carbocycles. The van der Waals surface area contributed by atoms with Crippen molar-refractivity contribution in [2.45, 2.75) is 32.8 Å². The Bertz CT molecular complexity index is 456. The van der Waals surface area contributed by atoms with Gasteiger partial charge in [-0.3, -0.25) is 4.79 Å². The first-order chi connectivity index (χ1) is 9.58. The molecular formula is C16H22FNO2. The van der Waals surface area contributed by atoms with E-state index in [0.29, 0.717) is 5.56 Å². The maximum atomic E-state index is 13.3. The van der Waals surface area contributed by atoms with Gasteiger partial charge in [0.15, 0.2) is 0 Å². The van der Waals surface area contributed by atoms with Crippen LogP contribution in [0.1, 0.15) is 32.3 Å². The first-order valence-electron chi connectivity index (χ1n) is 6.97. The van der Waals surface area contributed by atoms with Gasteiger partial charge in [-0.2, -0.15) is 0 Å². The molecule has 1 unspecified atom stereocenters. The van der Waals surface area contributed by atoms with Crippen molar-refractivity contribution in [3.05, 3.63) is 41.7 Å².